The molecule has 20 heavy (non-hydrogen) atoms. The van der Waals surface area contributed by atoms with Crippen LogP contribution in [0.25, 0.3) is 0 Å². The molecule has 1 aromatic rings. The van der Waals surface area contributed by atoms with Crippen molar-refractivity contribution in [3.8, 4) is 0 Å². The van der Waals surface area contributed by atoms with Crippen LogP contribution in [0.2, 0.25) is 0 Å². The van der Waals surface area contributed by atoms with E-state index < -0.39 is 0 Å². The average Bonchev–Trinajstić information content (AvgIpc) is 2.43. The molecule has 0 saturated carbocycles. The summed E-state index contributed by atoms with van der Waals surface area (Å²) in [6.07, 6.45) is 1.53. The van der Waals surface area contributed by atoms with Gasteiger partial charge in [-0.2, -0.15) is 0 Å². The Labute approximate surface area is 128 Å². The second-order valence-corrected chi connectivity index (χ2v) is 5.31. The van der Waals surface area contributed by atoms with Crippen molar-refractivity contribution >= 4 is 18.3 Å². The van der Waals surface area contributed by atoms with Crippen LogP contribution in [0.1, 0.15) is 43.7 Å². The molecule has 3 nitrogen and oxygen atoms in total. The van der Waals surface area contributed by atoms with Crippen molar-refractivity contribution in [2.24, 2.45) is 5.73 Å². The zero-order chi connectivity index (χ0) is 14.4. The van der Waals surface area contributed by atoms with E-state index in [1.54, 1.807) is 4.90 Å². The summed E-state index contributed by atoms with van der Waals surface area (Å²) in [5, 5.41) is 0. The van der Waals surface area contributed by atoms with Crippen LogP contribution in [0, 0.1) is 6.92 Å². The SMILES string of the molecule is CCC(CC(=O)N(C)C(C)CN)c1ccc(C)cc1.Cl. The zero-order valence-electron chi connectivity index (χ0n) is 12.9. The van der Waals surface area contributed by atoms with Gasteiger partial charge in [-0.15, -0.1) is 12.4 Å². The van der Waals surface area contributed by atoms with Crippen molar-refractivity contribution in [2.75, 3.05) is 13.6 Å². The standard InChI is InChI=1S/C16H26N2O.ClH/c1-5-14(15-8-6-12(2)7-9-15)10-16(19)18(4)13(3)11-17;/h6-9,13-14H,5,10-11,17H2,1-4H3;1H. The lowest BCUT2D eigenvalue weighted by molar-refractivity contribution is -0.131. The molecule has 0 radical (unpaired) electrons. The van der Waals surface area contributed by atoms with Crippen molar-refractivity contribution < 1.29 is 4.79 Å². The topological polar surface area (TPSA) is 46.3 Å². The fourth-order valence-electron chi connectivity index (χ4n) is 2.10. The number of aryl methyl sites for hydroxylation is 1. The fraction of sp³-hybridized carbons (Fsp3) is 0.562. The number of likely N-dealkylation sites (N-methyl/N-ethyl adjacent to an activating group) is 1. The molecular formula is C16H27ClN2O. The molecule has 1 rings (SSSR count). The van der Waals surface area contributed by atoms with E-state index in [4.69, 9.17) is 5.73 Å². The third-order valence-electron chi connectivity index (χ3n) is 3.86. The lowest BCUT2D eigenvalue weighted by Gasteiger charge is -2.26. The summed E-state index contributed by atoms with van der Waals surface area (Å²) in [5.41, 5.74) is 8.10. The van der Waals surface area contributed by atoms with Gasteiger partial charge >= 0.3 is 0 Å². The molecule has 0 aliphatic heterocycles. The highest BCUT2D eigenvalue weighted by Crippen LogP contribution is 2.24. The van der Waals surface area contributed by atoms with Gasteiger partial charge in [-0.1, -0.05) is 36.8 Å². The normalized spacial score (nSPS) is 13.2. The van der Waals surface area contributed by atoms with Gasteiger partial charge in [0.2, 0.25) is 5.91 Å². The molecule has 0 heterocycles. The van der Waals surface area contributed by atoms with Crippen LogP contribution >= 0.6 is 12.4 Å². The molecule has 0 aromatic heterocycles. The Balaban J connectivity index is 0.00000361. The van der Waals surface area contributed by atoms with E-state index >= 15 is 0 Å². The van der Waals surface area contributed by atoms with Crippen molar-refractivity contribution in [3.63, 3.8) is 0 Å². The van der Waals surface area contributed by atoms with E-state index in [9.17, 15) is 4.79 Å². The van der Waals surface area contributed by atoms with E-state index in [2.05, 4.69) is 38.1 Å². The summed E-state index contributed by atoms with van der Waals surface area (Å²) >= 11 is 0. The molecule has 2 unspecified atom stereocenters. The first kappa shape index (κ1) is 18.9. The minimum absolute atomic E-state index is 0. The molecule has 0 spiro atoms. The number of rotatable bonds is 6. The molecule has 2 atom stereocenters. The predicted molar refractivity (Wildman–Crippen MR) is 87.4 cm³/mol. The Kier molecular flexibility index (Phi) is 8.51. The molecule has 0 aliphatic rings. The summed E-state index contributed by atoms with van der Waals surface area (Å²) in [6.45, 7) is 6.69. The molecule has 1 aromatic carbocycles. The highest BCUT2D eigenvalue weighted by molar-refractivity contribution is 5.85. The molecule has 0 fully saturated rings. The van der Waals surface area contributed by atoms with Gasteiger partial charge in [0.15, 0.2) is 0 Å². The Morgan fingerprint density at radius 1 is 1.30 bits per heavy atom. The number of hydrogen-bond donors (Lipinski definition) is 1. The molecule has 4 heteroatoms. The Morgan fingerprint density at radius 3 is 2.30 bits per heavy atom. The molecule has 0 aliphatic carbocycles. The maximum absolute atomic E-state index is 12.2. The fourth-order valence-corrected chi connectivity index (χ4v) is 2.10. The van der Waals surface area contributed by atoms with Gasteiger partial charge < -0.3 is 10.6 Å². The molecule has 0 saturated heterocycles. The van der Waals surface area contributed by atoms with Crippen molar-refractivity contribution in [1.82, 2.24) is 4.90 Å². The maximum atomic E-state index is 12.2. The van der Waals surface area contributed by atoms with Crippen LogP contribution < -0.4 is 5.73 Å². The van der Waals surface area contributed by atoms with E-state index in [1.807, 2.05) is 14.0 Å². The quantitative estimate of drug-likeness (QED) is 0.877. The molecule has 0 bridgehead atoms. The van der Waals surface area contributed by atoms with Gasteiger partial charge in [-0.25, -0.2) is 0 Å². The van der Waals surface area contributed by atoms with Gasteiger partial charge in [0.1, 0.15) is 0 Å². The summed E-state index contributed by atoms with van der Waals surface area (Å²) in [5.74, 6) is 0.464. The molecule has 1 amide bonds. The number of nitrogens with zero attached hydrogens (tertiary/aromatic N) is 1. The zero-order valence-corrected chi connectivity index (χ0v) is 13.7. The minimum Gasteiger partial charge on any atom is -0.342 e. The van der Waals surface area contributed by atoms with E-state index in [0.29, 0.717) is 18.9 Å². The Hall–Kier alpha value is -1.06. The smallest absolute Gasteiger partial charge is 0.223 e. The molecule has 114 valence electrons. The van der Waals surface area contributed by atoms with Gasteiger partial charge in [-0.3, -0.25) is 4.79 Å². The third kappa shape index (κ3) is 5.14. The van der Waals surface area contributed by atoms with Crippen LogP contribution in [0.5, 0.6) is 0 Å². The number of benzene rings is 1. The Morgan fingerprint density at radius 2 is 1.85 bits per heavy atom. The first-order valence-corrected chi connectivity index (χ1v) is 7.01. The monoisotopic (exact) mass is 298 g/mol. The largest absolute Gasteiger partial charge is 0.342 e. The average molecular weight is 299 g/mol. The number of amides is 1. The van der Waals surface area contributed by atoms with Crippen molar-refractivity contribution in [1.29, 1.82) is 0 Å². The van der Waals surface area contributed by atoms with Crippen LogP contribution in [0.3, 0.4) is 0 Å². The summed E-state index contributed by atoms with van der Waals surface area (Å²) in [7, 11) is 1.84. The first-order valence-electron chi connectivity index (χ1n) is 7.01. The first-order chi connectivity index (χ1) is 8.99. The van der Waals surface area contributed by atoms with Crippen LogP contribution in [0.15, 0.2) is 24.3 Å². The molecule has 2 N–H and O–H groups in total. The van der Waals surface area contributed by atoms with Crippen molar-refractivity contribution in [2.45, 2.75) is 45.6 Å². The van der Waals surface area contributed by atoms with Crippen LogP contribution in [-0.2, 0) is 4.79 Å². The number of nitrogens with two attached hydrogens (primary N) is 1. The predicted octanol–water partition coefficient (Wildman–Crippen LogP) is 3.11. The van der Waals surface area contributed by atoms with Crippen LogP contribution in [0.4, 0.5) is 0 Å². The highest BCUT2D eigenvalue weighted by Gasteiger charge is 2.19. The number of carbonyl (C=O) groups excluding carboxylic acids is 1. The summed E-state index contributed by atoms with van der Waals surface area (Å²) < 4.78 is 0. The van der Waals surface area contributed by atoms with Gasteiger partial charge in [-0.05, 0) is 31.7 Å². The van der Waals surface area contributed by atoms with E-state index in [0.717, 1.165) is 6.42 Å². The van der Waals surface area contributed by atoms with Gasteiger partial charge in [0.05, 0.1) is 0 Å². The third-order valence-corrected chi connectivity index (χ3v) is 3.86. The minimum atomic E-state index is 0. The van der Waals surface area contributed by atoms with E-state index in [1.165, 1.54) is 11.1 Å². The number of carbonyl (C=O) groups is 1. The second-order valence-electron chi connectivity index (χ2n) is 5.31. The van der Waals surface area contributed by atoms with Crippen molar-refractivity contribution in [3.05, 3.63) is 35.4 Å². The number of halogens is 1. The Bertz CT molecular complexity index is 405. The molecular weight excluding hydrogens is 272 g/mol. The lowest BCUT2D eigenvalue weighted by atomic mass is 9.92. The lowest BCUT2D eigenvalue weighted by Crippen LogP contribution is -2.40. The highest BCUT2D eigenvalue weighted by atomic mass is 35.5. The summed E-state index contributed by atoms with van der Waals surface area (Å²) in [6, 6.07) is 8.57. The second kappa shape index (κ2) is 8.98. The van der Waals surface area contributed by atoms with Gasteiger partial charge in [0, 0.05) is 26.1 Å². The van der Waals surface area contributed by atoms with E-state index in [-0.39, 0.29) is 24.4 Å². The van der Waals surface area contributed by atoms with Gasteiger partial charge in [0.25, 0.3) is 0 Å². The summed E-state index contributed by atoms with van der Waals surface area (Å²) in [4.78, 5) is 14.0. The number of hydrogen-bond acceptors (Lipinski definition) is 2. The maximum Gasteiger partial charge on any atom is 0.223 e. The van der Waals surface area contributed by atoms with Crippen LogP contribution in [-0.4, -0.2) is 30.4 Å².